The van der Waals surface area contributed by atoms with Crippen molar-refractivity contribution in [2.75, 3.05) is 13.1 Å². The van der Waals surface area contributed by atoms with Crippen LogP contribution in [0.4, 0.5) is 0 Å². The number of piperidine rings is 1. The summed E-state index contributed by atoms with van der Waals surface area (Å²) in [5, 5.41) is 18.7. The second kappa shape index (κ2) is 6.17. The minimum atomic E-state index is -0.796. The molecule has 0 aliphatic carbocycles. The standard InChI is InChI=1S/C15H21NO3/c1-11-9-16(7-6-14(11)17)10-13-5-3-2-4-12(13)8-15(18)19/h2-5,11,14,17H,6-10H2,1H3,(H,18,19). The molecule has 2 atom stereocenters. The minimum Gasteiger partial charge on any atom is -0.481 e. The molecule has 0 aromatic heterocycles. The van der Waals surface area contributed by atoms with Crippen molar-refractivity contribution in [3.8, 4) is 0 Å². The molecular formula is C15H21NO3. The van der Waals surface area contributed by atoms with Gasteiger partial charge in [-0.1, -0.05) is 31.2 Å². The summed E-state index contributed by atoms with van der Waals surface area (Å²) in [7, 11) is 0. The molecule has 4 heteroatoms. The summed E-state index contributed by atoms with van der Waals surface area (Å²) in [4.78, 5) is 13.2. The van der Waals surface area contributed by atoms with E-state index in [-0.39, 0.29) is 18.4 Å². The summed E-state index contributed by atoms with van der Waals surface area (Å²) in [6, 6.07) is 7.70. The van der Waals surface area contributed by atoms with E-state index in [9.17, 15) is 9.90 Å². The SMILES string of the molecule is CC1CN(Cc2ccccc2CC(=O)O)CCC1O. The Labute approximate surface area is 113 Å². The largest absolute Gasteiger partial charge is 0.481 e. The first-order valence-electron chi connectivity index (χ1n) is 6.75. The molecule has 1 saturated heterocycles. The molecule has 0 bridgehead atoms. The van der Waals surface area contributed by atoms with Crippen LogP contribution in [-0.4, -0.2) is 40.3 Å². The molecule has 2 N–H and O–H groups in total. The maximum Gasteiger partial charge on any atom is 0.307 e. The average molecular weight is 263 g/mol. The number of carbonyl (C=O) groups is 1. The maximum atomic E-state index is 10.9. The molecule has 1 aliphatic heterocycles. The van der Waals surface area contributed by atoms with Crippen LogP contribution >= 0.6 is 0 Å². The van der Waals surface area contributed by atoms with Gasteiger partial charge < -0.3 is 10.2 Å². The third-order valence-electron chi connectivity index (χ3n) is 3.80. The smallest absolute Gasteiger partial charge is 0.307 e. The second-order valence-electron chi connectivity index (χ2n) is 5.41. The number of aliphatic hydroxyl groups excluding tert-OH is 1. The number of carboxylic acid groups (broad SMARTS) is 1. The number of hydrogen-bond acceptors (Lipinski definition) is 3. The van der Waals surface area contributed by atoms with Crippen LogP contribution in [0.1, 0.15) is 24.5 Å². The zero-order chi connectivity index (χ0) is 13.8. The van der Waals surface area contributed by atoms with Crippen LogP contribution in [0.25, 0.3) is 0 Å². The van der Waals surface area contributed by atoms with Gasteiger partial charge in [-0.15, -0.1) is 0 Å². The van der Waals surface area contributed by atoms with Crippen LogP contribution in [0.15, 0.2) is 24.3 Å². The lowest BCUT2D eigenvalue weighted by atomic mass is 9.95. The average Bonchev–Trinajstić information content (AvgIpc) is 2.36. The number of likely N-dealkylation sites (tertiary alicyclic amines) is 1. The van der Waals surface area contributed by atoms with Crippen LogP contribution in [0.5, 0.6) is 0 Å². The minimum absolute atomic E-state index is 0.0716. The Balaban J connectivity index is 2.04. The molecule has 1 aromatic rings. The highest BCUT2D eigenvalue weighted by molar-refractivity contribution is 5.70. The zero-order valence-corrected chi connectivity index (χ0v) is 11.2. The first-order chi connectivity index (χ1) is 9.06. The molecule has 104 valence electrons. The fraction of sp³-hybridized carbons (Fsp3) is 0.533. The van der Waals surface area contributed by atoms with Gasteiger partial charge >= 0.3 is 5.97 Å². The van der Waals surface area contributed by atoms with E-state index in [1.54, 1.807) is 0 Å². The molecular weight excluding hydrogens is 242 g/mol. The van der Waals surface area contributed by atoms with Crippen molar-refractivity contribution in [3.63, 3.8) is 0 Å². The molecule has 0 radical (unpaired) electrons. The molecule has 1 heterocycles. The number of rotatable bonds is 4. The highest BCUT2D eigenvalue weighted by Crippen LogP contribution is 2.20. The van der Waals surface area contributed by atoms with Gasteiger partial charge in [-0.05, 0) is 23.5 Å². The highest BCUT2D eigenvalue weighted by Gasteiger charge is 2.24. The summed E-state index contributed by atoms with van der Waals surface area (Å²) >= 11 is 0. The van der Waals surface area contributed by atoms with Crippen molar-refractivity contribution in [1.82, 2.24) is 4.90 Å². The fourth-order valence-electron chi connectivity index (χ4n) is 2.65. The van der Waals surface area contributed by atoms with Gasteiger partial charge in [0.05, 0.1) is 12.5 Å². The summed E-state index contributed by atoms with van der Waals surface area (Å²) in [6.45, 7) is 4.55. The van der Waals surface area contributed by atoms with E-state index in [1.807, 2.05) is 24.3 Å². The number of hydrogen-bond donors (Lipinski definition) is 2. The van der Waals surface area contributed by atoms with Crippen molar-refractivity contribution in [2.24, 2.45) is 5.92 Å². The van der Waals surface area contributed by atoms with E-state index in [0.717, 1.165) is 37.2 Å². The van der Waals surface area contributed by atoms with Gasteiger partial charge in [-0.3, -0.25) is 9.69 Å². The monoisotopic (exact) mass is 263 g/mol. The lowest BCUT2D eigenvalue weighted by molar-refractivity contribution is -0.136. The summed E-state index contributed by atoms with van der Waals surface area (Å²) in [5.74, 6) is -0.518. The molecule has 4 nitrogen and oxygen atoms in total. The molecule has 1 aromatic carbocycles. The van der Waals surface area contributed by atoms with Gasteiger partial charge in [-0.2, -0.15) is 0 Å². The van der Waals surface area contributed by atoms with Crippen LogP contribution in [0, 0.1) is 5.92 Å². The molecule has 1 fully saturated rings. The zero-order valence-electron chi connectivity index (χ0n) is 11.2. The van der Waals surface area contributed by atoms with Crippen molar-refractivity contribution < 1.29 is 15.0 Å². The third-order valence-corrected chi connectivity index (χ3v) is 3.80. The van der Waals surface area contributed by atoms with Gasteiger partial charge in [0.15, 0.2) is 0 Å². The highest BCUT2D eigenvalue weighted by atomic mass is 16.4. The lowest BCUT2D eigenvalue weighted by Crippen LogP contribution is -2.41. The number of nitrogens with zero attached hydrogens (tertiary/aromatic N) is 1. The van der Waals surface area contributed by atoms with Gasteiger partial charge in [0.25, 0.3) is 0 Å². The number of aliphatic carboxylic acids is 1. The van der Waals surface area contributed by atoms with E-state index in [1.165, 1.54) is 0 Å². The predicted octanol–water partition coefficient (Wildman–Crippen LogP) is 1.52. The summed E-state index contributed by atoms with van der Waals surface area (Å²) in [6.07, 6.45) is 0.662. The summed E-state index contributed by atoms with van der Waals surface area (Å²) < 4.78 is 0. The third kappa shape index (κ3) is 3.78. The maximum absolute atomic E-state index is 10.9. The first kappa shape index (κ1) is 14.0. The quantitative estimate of drug-likeness (QED) is 0.864. The van der Waals surface area contributed by atoms with Crippen molar-refractivity contribution in [3.05, 3.63) is 35.4 Å². The topological polar surface area (TPSA) is 60.8 Å². The number of aliphatic hydroxyl groups is 1. The number of benzene rings is 1. The van der Waals surface area contributed by atoms with Gasteiger partial charge in [0, 0.05) is 19.6 Å². The Hall–Kier alpha value is -1.39. The van der Waals surface area contributed by atoms with E-state index in [2.05, 4.69) is 11.8 Å². The molecule has 0 spiro atoms. The Morgan fingerprint density at radius 2 is 2.05 bits per heavy atom. The van der Waals surface area contributed by atoms with Crippen LogP contribution in [0.2, 0.25) is 0 Å². The fourth-order valence-corrected chi connectivity index (χ4v) is 2.65. The van der Waals surface area contributed by atoms with Gasteiger partial charge in [0.1, 0.15) is 0 Å². The van der Waals surface area contributed by atoms with E-state index in [4.69, 9.17) is 5.11 Å². The van der Waals surface area contributed by atoms with Crippen molar-refractivity contribution in [2.45, 2.75) is 32.4 Å². The van der Waals surface area contributed by atoms with E-state index < -0.39 is 5.97 Å². The summed E-state index contributed by atoms with van der Waals surface area (Å²) in [5.41, 5.74) is 1.96. The predicted molar refractivity (Wildman–Crippen MR) is 72.8 cm³/mol. The van der Waals surface area contributed by atoms with Crippen molar-refractivity contribution in [1.29, 1.82) is 0 Å². The molecule has 2 rings (SSSR count). The van der Waals surface area contributed by atoms with Crippen LogP contribution in [-0.2, 0) is 17.8 Å². The molecule has 2 unspecified atom stereocenters. The van der Waals surface area contributed by atoms with Crippen LogP contribution < -0.4 is 0 Å². The Morgan fingerprint density at radius 3 is 2.68 bits per heavy atom. The lowest BCUT2D eigenvalue weighted by Gasteiger charge is -2.34. The van der Waals surface area contributed by atoms with E-state index >= 15 is 0 Å². The van der Waals surface area contributed by atoms with E-state index in [0.29, 0.717) is 0 Å². The van der Waals surface area contributed by atoms with Gasteiger partial charge in [0.2, 0.25) is 0 Å². The molecule has 19 heavy (non-hydrogen) atoms. The molecule has 0 amide bonds. The first-order valence-corrected chi connectivity index (χ1v) is 6.75. The number of carboxylic acids is 1. The van der Waals surface area contributed by atoms with Crippen molar-refractivity contribution >= 4 is 5.97 Å². The molecule has 0 saturated carbocycles. The van der Waals surface area contributed by atoms with Gasteiger partial charge in [-0.25, -0.2) is 0 Å². The normalized spacial score (nSPS) is 24.3. The Kier molecular flexibility index (Phi) is 4.56. The van der Waals surface area contributed by atoms with Crippen LogP contribution in [0.3, 0.4) is 0 Å². The second-order valence-corrected chi connectivity index (χ2v) is 5.41. The Bertz CT molecular complexity index is 447. The molecule has 1 aliphatic rings. The Morgan fingerprint density at radius 1 is 1.37 bits per heavy atom.